The van der Waals surface area contributed by atoms with E-state index in [9.17, 15) is 4.79 Å². The highest BCUT2D eigenvalue weighted by molar-refractivity contribution is 7.15. The molecule has 0 aliphatic heterocycles. The number of carbonyl (C=O) groups excluding carboxylic acids is 1. The Labute approximate surface area is 197 Å². The van der Waals surface area contributed by atoms with Crippen molar-refractivity contribution in [3.05, 3.63) is 100 Å². The lowest BCUT2D eigenvalue weighted by Gasteiger charge is -2.18. The number of benzene rings is 2. The molecule has 168 valence electrons. The summed E-state index contributed by atoms with van der Waals surface area (Å²) in [7, 11) is 0. The second kappa shape index (κ2) is 10.3. The van der Waals surface area contributed by atoms with Crippen LogP contribution < -0.4 is 15.4 Å². The van der Waals surface area contributed by atoms with Gasteiger partial charge in [0.15, 0.2) is 16.7 Å². The molecule has 0 saturated carbocycles. The van der Waals surface area contributed by atoms with Gasteiger partial charge < -0.3 is 15.4 Å². The molecule has 33 heavy (non-hydrogen) atoms. The summed E-state index contributed by atoms with van der Waals surface area (Å²) in [6, 6.07) is 19.3. The lowest BCUT2D eigenvalue weighted by molar-refractivity contribution is 0.0950. The summed E-state index contributed by atoms with van der Waals surface area (Å²) in [5.74, 6) is 1.10. The van der Waals surface area contributed by atoms with E-state index in [4.69, 9.17) is 4.74 Å². The van der Waals surface area contributed by atoms with Gasteiger partial charge in [0.2, 0.25) is 0 Å². The number of thiazole rings is 1. The molecule has 0 radical (unpaired) electrons. The van der Waals surface area contributed by atoms with Crippen LogP contribution in [-0.2, 0) is 6.54 Å². The largest absolute Gasteiger partial charge is 0.482 e. The highest BCUT2D eigenvalue weighted by Crippen LogP contribution is 2.31. The van der Waals surface area contributed by atoms with Crippen LogP contribution in [0.4, 0.5) is 10.9 Å². The average Bonchev–Trinajstić information content (AvgIpc) is 3.24. The van der Waals surface area contributed by atoms with Crippen molar-refractivity contribution in [3.63, 3.8) is 0 Å². The number of carbonyl (C=O) groups is 1. The second-order valence-electron chi connectivity index (χ2n) is 7.81. The monoisotopic (exact) mass is 458 g/mol. The molecular formula is C26H26N4O2S. The van der Waals surface area contributed by atoms with E-state index in [-0.39, 0.29) is 12.0 Å². The van der Waals surface area contributed by atoms with Crippen LogP contribution in [-0.4, -0.2) is 15.9 Å². The van der Waals surface area contributed by atoms with Gasteiger partial charge in [0, 0.05) is 29.4 Å². The van der Waals surface area contributed by atoms with E-state index in [1.165, 1.54) is 5.56 Å². The van der Waals surface area contributed by atoms with Gasteiger partial charge in [0.1, 0.15) is 6.10 Å². The third-order valence-corrected chi connectivity index (χ3v) is 5.94. The molecule has 0 aliphatic carbocycles. The van der Waals surface area contributed by atoms with E-state index in [0.29, 0.717) is 23.7 Å². The van der Waals surface area contributed by atoms with Gasteiger partial charge in [0.25, 0.3) is 5.91 Å². The molecule has 0 aliphatic rings. The molecule has 1 atom stereocenters. The predicted octanol–water partition coefficient (Wildman–Crippen LogP) is 5.97. The molecule has 4 aromatic rings. The molecule has 2 N–H and O–H groups in total. The van der Waals surface area contributed by atoms with Gasteiger partial charge in [-0.1, -0.05) is 42.0 Å². The molecule has 1 unspecified atom stereocenters. The van der Waals surface area contributed by atoms with Crippen LogP contribution in [0.25, 0.3) is 0 Å². The number of rotatable bonds is 8. The number of ether oxygens (including phenoxy) is 1. The molecule has 4 rings (SSSR count). The van der Waals surface area contributed by atoms with E-state index in [0.717, 1.165) is 21.1 Å². The minimum Gasteiger partial charge on any atom is -0.482 e. The first-order chi connectivity index (χ1) is 16.0. The predicted molar refractivity (Wildman–Crippen MR) is 132 cm³/mol. The molecule has 2 aromatic heterocycles. The maximum absolute atomic E-state index is 12.7. The first-order valence-electron chi connectivity index (χ1n) is 10.7. The summed E-state index contributed by atoms with van der Waals surface area (Å²) in [5.41, 5.74) is 3.75. The summed E-state index contributed by atoms with van der Waals surface area (Å²) in [6.45, 7) is 6.48. The number of aryl methyl sites for hydroxylation is 2. The second-order valence-corrected chi connectivity index (χ2v) is 9.04. The Balaban J connectivity index is 1.43. The average molecular weight is 459 g/mol. The van der Waals surface area contributed by atoms with Crippen LogP contribution in [0.1, 0.15) is 45.0 Å². The number of hydrogen-bond acceptors (Lipinski definition) is 6. The van der Waals surface area contributed by atoms with Gasteiger partial charge in [-0.2, -0.15) is 0 Å². The Morgan fingerprint density at radius 3 is 2.64 bits per heavy atom. The zero-order valence-corrected chi connectivity index (χ0v) is 19.6. The van der Waals surface area contributed by atoms with Crippen LogP contribution >= 0.6 is 11.3 Å². The van der Waals surface area contributed by atoms with Crippen LogP contribution in [0.2, 0.25) is 0 Å². The van der Waals surface area contributed by atoms with Gasteiger partial charge in [-0.3, -0.25) is 4.79 Å². The molecule has 0 spiro atoms. The van der Waals surface area contributed by atoms with Crippen molar-refractivity contribution in [2.24, 2.45) is 0 Å². The van der Waals surface area contributed by atoms with Crippen molar-refractivity contribution < 1.29 is 9.53 Å². The fraction of sp³-hybridized carbons (Fsp3) is 0.192. The van der Waals surface area contributed by atoms with E-state index < -0.39 is 0 Å². The summed E-state index contributed by atoms with van der Waals surface area (Å²) >= 11 is 1.55. The minimum absolute atomic E-state index is 0.118. The van der Waals surface area contributed by atoms with Gasteiger partial charge >= 0.3 is 0 Å². The van der Waals surface area contributed by atoms with Crippen molar-refractivity contribution in [1.29, 1.82) is 0 Å². The molecule has 0 fully saturated rings. The SMILES string of the molecule is Cc1ccc(CNC(=O)c2cccc(C(C)Oc3cccnc3Nc3ncc(C)s3)c2)cc1. The summed E-state index contributed by atoms with van der Waals surface area (Å²) in [4.78, 5) is 22.5. The number of pyridine rings is 1. The zero-order chi connectivity index (χ0) is 23.2. The minimum atomic E-state index is -0.280. The van der Waals surface area contributed by atoms with Crippen molar-refractivity contribution in [3.8, 4) is 5.75 Å². The van der Waals surface area contributed by atoms with Crippen molar-refractivity contribution in [2.45, 2.75) is 33.4 Å². The Morgan fingerprint density at radius 1 is 1.06 bits per heavy atom. The maximum atomic E-state index is 12.7. The Kier molecular flexibility index (Phi) is 7.00. The van der Waals surface area contributed by atoms with Crippen LogP contribution in [0, 0.1) is 13.8 Å². The van der Waals surface area contributed by atoms with E-state index in [2.05, 4.69) is 20.6 Å². The molecule has 2 aromatic carbocycles. The van der Waals surface area contributed by atoms with E-state index in [1.807, 2.05) is 87.6 Å². The number of amides is 1. The van der Waals surface area contributed by atoms with E-state index >= 15 is 0 Å². The van der Waals surface area contributed by atoms with Crippen LogP contribution in [0.3, 0.4) is 0 Å². The molecule has 0 saturated heterocycles. The highest BCUT2D eigenvalue weighted by atomic mass is 32.1. The number of aromatic nitrogens is 2. The maximum Gasteiger partial charge on any atom is 0.251 e. The van der Waals surface area contributed by atoms with Crippen molar-refractivity contribution >= 4 is 28.2 Å². The van der Waals surface area contributed by atoms with Crippen molar-refractivity contribution in [2.75, 3.05) is 5.32 Å². The Morgan fingerprint density at radius 2 is 1.88 bits per heavy atom. The number of nitrogens with zero attached hydrogens (tertiary/aromatic N) is 2. The van der Waals surface area contributed by atoms with Crippen molar-refractivity contribution in [1.82, 2.24) is 15.3 Å². The van der Waals surface area contributed by atoms with Crippen LogP contribution in [0.5, 0.6) is 5.75 Å². The van der Waals surface area contributed by atoms with E-state index in [1.54, 1.807) is 17.5 Å². The molecule has 6 nitrogen and oxygen atoms in total. The Bertz CT molecular complexity index is 1240. The standard InChI is InChI=1S/C26H26N4O2S/c1-17-9-11-20(12-10-17)16-28-25(31)22-7-4-6-21(14-22)19(3)32-23-8-5-13-27-24(23)30-26-29-15-18(2)33-26/h4-15,19H,16H2,1-3H3,(H,28,31)(H,27,29,30). The summed E-state index contributed by atoms with van der Waals surface area (Å²) < 4.78 is 6.21. The lowest BCUT2D eigenvalue weighted by Crippen LogP contribution is -2.23. The first-order valence-corrected chi connectivity index (χ1v) is 11.5. The Hall–Kier alpha value is -3.71. The smallest absolute Gasteiger partial charge is 0.251 e. The molecule has 7 heteroatoms. The van der Waals surface area contributed by atoms with Gasteiger partial charge in [-0.05, 0) is 56.2 Å². The fourth-order valence-electron chi connectivity index (χ4n) is 3.27. The quantitative estimate of drug-likeness (QED) is 0.340. The summed E-state index contributed by atoms with van der Waals surface area (Å²) in [5, 5.41) is 6.97. The lowest BCUT2D eigenvalue weighted by atomic mass is 10.1. The molecular weight excluding hydrogens is 432 g/mol. The van der Waals surface area contributed by atoms with Gasteiger partial charge in [0.05, 0.1) is 0 Å². The number of hydrogen-bond donors (Lipinski definition) is 2. The van der Waals surface area contributed by atoms with Crippen LogP contribution in [0.15, 0.2) is 73.1 Å². The fourth-order valence-corrected chi connectivity index (χ4v) is 3.94. The van der Waals surface area contributed by atoms with Gasteiger partial charge in [-0.25, -0.2) is 9.97 Å². The number of nitrogens with one attached hydrogen (secondary N) is 2. The third kappa shape index (κ3) is 5.96. The molecule has 1 amide bonds. The third-order valence-electron chi connectivity index (χ3n) is 5.11. The zero-order valence-electron chi connectivity index (χ0n) is 18.8. The topological polar surface area (TPSA) is 76.1 Å². The first kappa shape index (κ1) is 22.5. The molecule has 0 bridgehead atoms. The molecule has 2 heterocycles. The summed E-state index contributed by atoms with van der Waals surface area (Å²) in [6.07, 6.45) is 3.24. The number of anilines is 2. The highest BCUT2D eigenvalue weighted by Gasteiger charge is 2.14. The van der Waals surface area contributed by atoms with Gasteiger partial charge in [-0.15, -0.1) is 11.3 Å². The normalized spacial score (nSPS) is 11.6.